The Morgan fingerprint density at radius 3 is 2.88 bits per heavy atom. The third kappa shape index (κ3) is 4.44. The lowest BCUT2D eigenvalue weighted by Gasteiger charge is -2.26. The zero-order chi connectivity index (χ0) is 12.1. The molecule has 0 amide bonds. The molecule has 0 atom stereocenters. The maximum Gasteiger partial charge on any atom is 0.130 e. The highest BCUT2D eigenvalue weighted by Crippen LogP contribution is 2.12. The molecule has 0 spiro atoms. The average molecular weight is 317 g/mol. The standard InChI is InChI=1S/C11H17BrN4S/c1-9-14-10(12)8-11(15-9)13-2-3-16-4-6-17-7-5-16/h8H,2-7H2,1H3,(H,13,14,15). The fourth-order valence-corrected chi connectivity index (χ4v) is 3.24. The minimum Gasteiger partial charge on any atom is -0.369 e. The average Bonchev–Trinajstić information content (AvgIpc) is 2.29. The molecule has 1 saturated heterocycles. The molecule has 2 heterocycles. The van der Waals surface area contributed by atoms with Crippen molar-refractivity contribution in [3.8, 4) is 0 Å². The number of nitrogens with zero attached hydrogens (tertiary/aromatic N) is 3. The zero-order valence-electron chi connectivity index (χ0n) is 9.95. The molecule has 1 N–H and O–H groups in total. The van der Waals surface area contributed by atoms with Crippen LogP contribution in [0.25, 0.3) is 0 Å². The van der Waals surface area contributed by atoms with Gasteiger partial charge in [-0.15, -0.1) is 0 Å². The first-order valence-corrected chi connectivity index (χ1v) is 7.74. The number of aryl methyl sites for hydroxylation is 1. The van der Waals surface area contributed by atoms with Gasteiger partial charge in [0.2, 0.25) is 0 Å². The Hall–Kier alpha value is -0.330. The van der Waals surface area contributed by atoms with E-state index in [1.807, 2.05) is 24.8 Å². The van der Waals surface area contributed by atoms with Crippen molar-refractivity contribution < 1.29 is 0 Å². The van der Waals surface area contributed by atoms with Gasteiger partial charge in [-0.3, -0.25) is 4.90 Å². The van der Waals surface area contributed by atoms with Gasteiger partial charge in [-0.25, -0.2) is 9.97 Å². The first kappa shape index (κ1) is 13.1. The Morgan fingerprint density at radius 1 is 1.41 bits per heavy atom. The fourth-order valence-electron chi connectivity index (χ4n) is 1.79. The highest BCUT2D eigenvalue weighted by molar-refractivity contribution is 9.10. The quantitative estimate of drug-likeness (QED) is 0.861. The van der Waals surface area contributed by atoms with Crippen LogP contribution in [-0.4, -0.2) is 52.6 Å². The Morgan fingerprint density at radius 2 is 2.18 bits per heavy atom. The van der Waals surface area contributed by atoms with E-state index in [-0.39, 0.29) is 0 Å². The van der Waals surface area contributed by atoms with E-state index < -0.39 is 0 Å². The molecule has 94 valence electrons. The van der Waals surface area contributed by atoms with Gasteiger partial charge >= 0.3 is 0 Å². The lowest BCUT2D eigenvalue weighted by Crippen LogP contribution is -2.36. The van der Waals surface area contributed by atoms with E-state index in [0.29, 0.717) is 0 Å². The van der Waals surface area contributed by atoms with Crippen molar-refractivity contribution in [1.29, 1.82) is 0 Å². The van der Waals surface area contributed by atoms with Crippen molar-refractivity contribution in [1.82, 2.24) is 14.9 Å². The lowest BCUT2D eigenvalue weighted by molar-refractivity contribution is 0.314. The van der Waals surface area contributed by atoms with E-state index in [1.165, 1.54) is 24.6 Å². The summed E-state index contributed by atoms with van der Waals surface area (Å²) in [5.74, 6) is 4.21. The molecule has 0 aromatic carbocycles. The Balaban J connectivity index is 1.77. The third-order valence-corrected chi connectivity index (χ3v) is 3.99. The van der Waals surface area contributed by atoms with Gasteiger partial charge < -0.3 is 5.32 Å². The van der Waals surface area contributed by atoms with Crippen molar-refractivity contribution in [2.45, 2.75) is 6.92 Å². The minimum atomic E-state index is 0.788. The summed E-state index contributed by atoms with van der Waals surface area (Å²) >= 11 is 5.42. The van der Waals surface area contributed by atoms with Crippen LogP contribution < -0.4 is 5.32 Å². The van der Waals surface area contributed by atoms with Gasteiger partial charge in [-0.1, -0.05) is 0 Å². The molecule has 0 aliphatic carbocycles. The van der Waals surface area contributed by atoms with Crippen LogP contribution in [0.2, 0.25) is 0 Å². The molecule has 4 nitrogen and oxygen atoms in total. The second-order valence-corrected chi connectivity index (χ2v) is 6.04. The molecule has 0 bridgehead atoms. The van der Waals surface area contributed by atoms with E-state index in [2.05, 4.69) is 36.1 Å². The molecule has 1 aromatic heterocycles. The molecular weight excluding hydrogens is 300 g/mol. The van der Waals surface area contributed by atoms with Crippen molar-refractivity contribution in [3.05, 3.63) is 16.5 Å². The van der Waals surface area contributed by atoms with E-state index >= 15 is 0 Å². The van der Waals surface area contributed by atoms with Gasteiger partial charge in [0.15, 0.2) is 0 Å². The van der Waals surface area contributed by atoms with E-state index in [4.69, 9.17) is 0 Å². The van der Waals surface area contributed by atoms with Gasteiger partial charge in [0.1, 0.15) is 16.2 Å². The summed E-state index contributed by atoms with van der Waals surface area (Å²) in [4.78, 5) is 11.0. The monoisotopic (exact) mass is 316 g/mol. The first-order valence-electron chi connectivity index (χ1n) is 5.79. The molecule has 0 radical (unpaired) electrons. The minimum absolute atomic E-state index is 0.788. The van der Waals surface area contributed by atoms with Gasteiger partial charge in [0.05, 0.1) is 0 Å². The molecule has 1 aromatic rings. The van der Waals surface area contributed by atoms with Crippen LogP contribution in [0.15, 0.2) is 10.7 Å². The largest absolute Gasteiger partial charge is 0.369 e. The highest BCUT2D eigenvalue weighted by atomic mass is 79.9. The van der Waals surface area contributed by atoms with Crippen LogP contribution in [0.1, 0.15) is 5.82 Å². The summed E-state index contributed by atoms with van der Waals surface area (Å²) in [6.07, 6.45) is 0. The number of nitrogens with one attached hydrogen (secondary N) is 1. The van der Waals surface area contributed by atoms with E-state index in [0.717, 1.165) is 29.3 Å². The summed E-state index contributed by atoms with van der Waals surface area (Å²) in [5.41, 5.74) is 0. The molecule has 6 heteroatoms. The molecule has 0 unspecified atom stereocenters. The number of aromatic nitrogens is 2. The number of thioether (sulfide) groups is 1. The van der Waals surface area contributed by atoms with E-state index in [1.54, 1.807) is 0 Å². The zero-order valence-corrected chi connectivity index (χ0v) is 12.4. The van der Waals surface area contributed by atoms with Gasteiger partial charge in [0, 0.05) is 43.8 Å². The molecular formula is C11H17BrN4S. The van der Waals surface area contributed by atoms with Crippen molar-refractivity contribution >= 4 is 33.5 Å². The van der Waals surface area contributed by atoms with Gasteiger partial charge in [0.25, 0.3) is 0 Å². The van der Waals surface area contributed by atoms with Crippen LogP contribution in [0.4, 0.5) is 5.82 Å². The summed E-state index contributed by atoms with van der Waals surface area (Å²) in [6, 6.07) is 1.92. The number of anilines is 1. The van der Waals surface area contributed by atoms with E-state index in [9.17, 15) is 0 Å². The highest BCUT2D eigenvalue weighted by Gasteiger charge is 2.09. The number of hydrogen-bond donors (Lipinski definition) is 1. The smallest absolute Gasteiger partial charge is 0.130 e. The van der Waals surface area contributed by atoms with Crippen molar-refractivity contribution in [2.24, 2.45) is 0 Å². The summed E-state index contributed by atoms with van der Waals surface area (Å²) in [5, 5.41) is 3.34. The second-order valence-electron chi connectivity index (χ2n) is 4.00. The Bertz CT molecular complexity index is 348. The maximum atomic E-state index is 4.34. The molecule has 17 heavy (non-hydrogen) atoms. The van der Waals surface area contributed by atoms with Gasteiger partial charge in [-0.05, 0) is 22.9 Å². The second kappa shape index (κ2) is 6.56. The summed E-state index contributed by atoms with van der Waals surface area (Å²) in [6.45, 7) is 6.34. The Labute approximate surface area is 115 Å². The van der Waals surface area contributed by atoms with Crippen LogP contribution >= 0.6 is 27.7 Å². The molecule has 0 saturated carbocycles. The van der Waals surface area contributed by atoms with Crippen LogP contribution in [0, 0.1) is 6.92 Å². The summed E-state index contributed by atoms with van der Waals surface area (Å²) < 4.78 is 0.835. The van der Waals surface area contributed by atoms with Crippen molar-refractivity contribution in [2.75, 3.05) is 43.0 Å². The summed E-state index contributed by atoms with van der Waals surface area (Å²) in [7, 11) is 0. The van der Waals surface area contributed by atoms with Crippen LogP contribution in [-0.2, 0) is 0 Å². The topological polar surface area (TPSA) is 41.1 Å². The van der Waals surface area contributed by atoms with Crippen LogP contribution in [0.3, 0.4) is 0 Å². The SMILES string of the molecule is Cc1nc(Br)cc(NCCN2CCSCC2)n1. The Kier molecular flexibility index (Phi) is 5.06. The van der Waals surface area contributed by atoms with Crippen molar-refractivity contribution in [3.63, 3.8) is 0 Å². The van der Waals surface area contributed by atoms with Crippen LogP contribution in [0.5, 0.6) is 0 Å². The predicted octanol–water partition coefficient (Wildman–Crippen LogP) is 2.01. The molecule has 1 aliphatic heterocycles. The number of rotatable bonds is 4. The number of halogens is 1. The molecule has 1 fully saturated rings. The maximum absolute atomic E-state index is 4.34. The number of hydrogen-bond acceptors (Lipinski definition) is 5. The molecule has 1 aliphatic rings. The normalized spacial score (nSPS) is 17.1. The fraction of sp³-hybridized carbons (Fsp3) is 0.636. The molecule has 2 rings (SSSR count). The predicted molar refractivity (Wildman–Crippen MR) is 76.7 cm³/mol. The van der Waals surface area contributed by atoms with Gasteiger partial charge in [-0.2, -0.15) is 11.8 Å². The third-order valence-electron chi connectivity index (χ3n) is 2.64. The first-order chi connectivity index (χ1) is 8.24. The lowest BCUT2D eigenvalue weighted by atomic mass is 10.4.